The highest BCUT2D eigenvalue weighted by Crippen LogP contribution is 2.23. The maximum Gasteiger partial charge on any atom is 0.119 e. The molecule has 4 nitrogen and oxygen atoms in total. The molecule has 1 aromatic heterocycles. The summed E-state index contributed by atoms with van der Waals surface area (Å²) >= 11 is 0. The van der Waals surface area contributed by atoms with Crippen molar-refractivity contribution in [3.05, 3.63) is 12.7 Å². The van der Waals surface area contributed by atoms with Crippen LogP contribution in [0, 0.1) is 5.92 Å². The van der Waals surface area contributed by atoms with Crippen molar-refractivity contribution in [2.24, 2.45) is 5.92 Å². The van der Waals surface area contributed by atoms with Gasteiger partial charge in [-0.1, -0.05) is 6.92 Å². The van der Waals surface area contributed by atoms with E-state index in [1.54, 1.807) is 12.7 Å². The van der Waals surface area contributed by atoms with Gasteiger partial charge >= 0.3 is 0 Å². The van der Waals surface area contributed by atoms with Crippen LogP contribution in [0.15, 0.2) is 12.7 Å². The molecule has 1 heterocycles. The first kappa shape index (κ1) is 11.6. The highest BCUT2D eigenvalue weighted by molar-refractivity contribution is 4.78. The highest BCUT2D eigenvalue weighted by atomic mass is 15.2. The zero-order chi connectivity index (χ0) is 11.4. The van der Waals surface area contributed by atoms with Crippen molar-refractivity contribution in [2.75, 3.05) is 0 Å². The van der Waals surface area contributed by atoms with Crippen LogP contribution in [0.2, 0.25) is 0 Å². The van der Waals surface area contributed by atoms with Crippen LogP contribution in [-0.2, 0) is 6.54 Å². The first-order valence-corrected chi connectivity index (χ1v) is 6.32. The third kappa shape index (κ3) is 3.30. The van der Waals surface area contributed by atoms with Crippen molar-refractivity contribution in [2.45, 2.75) is 58.2 Å². The van der Waals surface area contributed by atoms with Crippen molar-refractivity contribution < 1.29 is 0 Å². The molecule has 0 bridgehead atoms. The lowest BCUT2D eigenvalue weighted by molar-refractivity contribution is 0.282. The van der Waals surface area contributed by atoms with Crippen LogP contribution in [-0.4, -0.2) is 26.8 Å². The maximum absolute atomic E-state index is 3.82. The van der Waals surface area contributed by atoms with Gasteiger partial charge in [0, 0.05) is 18.6 Å². The predicted octanol–water partition coefficient (Wildman–Crippen LogP) is 1.83. The average molecular weight is 222 g/mol. The van der Waals surface area contributed by atoms with Crippen molar-refractivity contribution >= 4 is 0 Å². The summed E-state index contributed by atoms with van der Waals surface area (Å²) in [6, 6.07) is 1.21. The Morgan fingerprint density at radius 3 is 2.50 bits per heavy atom. The summed E-state index contributed by atoms with van der Waals surface area (Å²) in [5, 5.41) is 11.3. The smallest absolute Gasteiger partial charge is 0.119 e. The molecule has 1 saturated carbocycles. The van der Waals surface area contributed by atoms with E-state index < -0.39 is 0 Å². The summed E-state index contributed by atoms with van der Waals surface area (Å²) in [5.74, 6) is 0.922. The second kappa shape index (κ2) is 5.43. The molecule has 1 aliphatic carbocycles. The van der Waals surface area contributed by atoms with Gasteiger partial charge in [0.15, 0.2) is 0 Å². The van der Waals surface area contributed by atoms with Crippen LogP contribution >= 0.6 is 0 Å². The average Bonchev–Trinajstić information content (AvgIpc) is 2.74. The predicted molar refractivity (Wildman–Crippen MR) is 64.0 cm³/mol. The molecule has 1 unspecified atom stereocenters. The molecule has 0 aromatic carbocycles. The first-order chi connectivity index (χ1) is 7.74. The third-order valence-corrected chi connectivity index (χ3v) is 3.49. The molecular weight excluding hydrogens is 200 g/mol. The molecule has 1 aliphatic rings. The van der Waals surface area contributed by atoms with Gasteiger partial charge in [-0.2, -0.15) is 0 Å². The van der Waals surface area contributed by atoms with Crippen LogP contribution in [0.3, 0.4) is 0 Å². The van der Waals surface area contributed by atoms with Gasteiger partial charge in [0.1, 0.15) is 12.7 Å². The Morgan fingerprint density at radius 1 is 1.25 bits per heavy atom. The quantitative estimate of drug-likeness (QED) is 0.845. The molecule has 0 saturated heterocycles. The molecule has 0 aliphatic heterocycles. The number of hydrogen-bond acceptors (Lipinski definition) is 3. The molecule has 0 spiro atoms. The Balaban J connectivity index is 1.72. The molecule has 2 rings (SSSR count). The summed E-state index contributed by atoms with van der Waals surface area (Å²) in [7, 11) is 0. The van der Waals surface area contributed by atoms with E-state index in [2.05, 4.69) is 29.4 Å². The molecule has 0 radical (unpaired) electrons. The van der Waals surface area contributed by atoms with E-state index in [9.17, 15) is 0 Å². The zero-order valence-corrected chi connectivity index (χ0v) is 10.3. The lowest BCUT2D eigenvalue weighted by atomic mass is 9.87. The fourth-order valence-electron chi connectivity index (χ4n) is 2.51. The fraction of sp³-hybridized carbons (Fsp3) is 0.833. The van der Waals surface area contributed by atoms with Crippen molar-refractivity contribution in [1.29, 1.82) is 0 Å². The number of rotatable bonds is 4. The Labute approximate surface area is 97.5 Å². The third-order valence-electron chi connectivity index (χ3n) is 3.49. The normalized spacial score (nSPS) is 27.9. The lowest BCUT2D eigenvalue weighted by Gasteiger charge is -2.29. The summed E-state index contributed by atoms with van der Waals surface area (Å²) in [6.45, 7) is 5.55. The summed E-state index contributed by atoms with van der Waals surface area (Å²) in [6.07, 6.45) is 8.96. The van der Waals surface area contributed by atoms with Crippen molar-refractivity contribution in [3.8, 4) is 0 Å². The van der Waals surface area contributed by atoms with Gasteiger partial charge in [0.25, 0.3) is 0 Å². The van der Waals surface area contributed by atoms with Crippen LogP contribution < -0.4 is 5.32 Å². The monoisotopic (exact) mass is 222 g/mol. The first-order valence-electron chi connectivity index (χ1n) is 6.32. The van der Waals surface area contributed by atoms with E-state index in [0.29, 0.717) is 12.1 Å². The minimum Gasteiger partial charge on any atom is -0.319 e. The molecule has 1 N–H and O–H groups in total. The van der Waals surface area contributed by atoms with Crippen LogP contribution in [0.1, 0.15) is 39.5 Å². The van der Waals surface area contributed by atoms with Gasteiger partial charge in [-0.3, -0.25) is 0 Å². The molecule has 1 aromatic rings. The van der Waals surface area contributed by atoms with Crippen molar-refractivity contribution in [1.82, 2.24) is 20.1 Å². The van der Waals surface area contributed by atoms with E-state index in [1.165, 1.54) is 25.7 Å². The molecule has 16 heavy (non-hydrogen) atoms. The van der Waals surface area contributed by atoms with Crippen LogP contribution in [0.25, 0.3) is 0 Å². The van der Waals surface area contributed by atoms with E-state index >= 15 is 0 Å². The lowest BCUT2D eigenvalue weighted by Crippen LogP contribution is -2.40. The minimum atomic E-state index is 0.495. The van der Waals surface area contributed by atoms with Gasteiger partial charge < -0.3 is 9.88 Å². The molecule has 0 amide bonds. The highest BCUT2D eigenvalue weighted by Gasteiger charge is 2.19. The molecule has 4 heteroatoms. The van der Waals surface area contributed by atoms with Gasteiger partial charge in [-0.05, 0) is 38.5 Å². The minimum absolute atomic E-state index is 0.495. The van der Waals surface area contributed by atoms with E-state index in [-0.39, 0.29) is 0 Å². The number of aromatic nitrogens is 3. The van der Waals surface area contributed by atoms with E-state index in [1.807, 2.05) is 4.57 Å². The van der Waals surface area contributed by atoms with Gasteiger partial charge in [0.05, 0.1) is 0 Å². The largest absolute Gasteiger partial charge is 0.319 e. The van der Waals surface area contributed by atoms with Crippen LogP contribution in [0.4, 0.5) is 0 Å². The molecule has 1 atom stereocenters. The Morgan fingerprint density at radius 2 is 1.88 bits per heavy atom. The SMILES string of the molecule is CC1CCC(NC(C)Cn2cnnc2)CC1. The van der Waals surface area contributed by atoms with Crippen molar-refractivity contribution in [3.63, 3.8) is 0 Å². The van der Waals surface area contributed by atoms with Gasteiger partial charge in [-0.15, -0.1) is 10.2 Å². The summed E-state index contributed by atoms with van der Waals surface area (Å²) in [5.41, 5.74) is 0. The van der Waals surface area contributed by atoms with Gasteiger partial charge in [0.2, 0.25) is 0 Å². The molecule has 1 fully saturated rings. The maximum atomic E-state index is 3.82. The number of nitrogens with zero attached hydrogens (tertiary/aromatic N) is 3. The second-order valence-electron chi connectivity index (χ2n) is 5.18. The number of nitrogens with one attached hydrogen (secondary N) is 1. The zero-order valence-electron chi connectivity index (χ0n) is 10.3. The van der Waals surface area contributed by atoms with E-state index in [0.717, 1.165) is 12.5 Å². The summed E-state index contributed by atoms with van der Waals surface area (Å²) < 4.78 is 2.03. The Hall–Kier alpha value is -0.900. The topological polar surface area (TPSA) is 42.7 Å². The summed E-state index contributed by atoms with van der Waals surface area (Å²) in [4.78, 5) is 0. The van der Waals surface area contributed by atoms with Crippen LogP contribution in [0.5, 0.6) is 0 Å². The fourth-order valence-corrected chi connectivity index (χ4v) is 2.51. The standard InChI is InChI=1S/C12H22N4/c1-10-3-5-12(6-4-10)15-11(2)7-16-8-13-14-9-16/h8-12,15H,3-7H2,1-2H3. The molecule has 90 valence electrons. The number of hydrogen-bond donors (Lipinski definition) is 1. The van der Waals surface area contributed by atoms with Gasteiger partial charge in [-0.25, -0.2) is 0 Å². The Kier molecular flexibility index (Phi) is 3.93. The van der Waals surface area contributed by atoms with E-state index in [4.69, 9.17) is 0 Å². The molecular formula is C12H22N4. The second-order valence-corrected chi connectivity index (χ2v) is 5.18. The Bertz CT molecular complexity index is 288.